The van der Waals surface area contributed by atoms with Crippen LogP contribution in [0.4, 0.5) is 5.69 Å². The van der Waals surface area contributed by atoms with Crippen molar-refractivity contribution in [3.63, 3.8) is 0 Å². The number of likely N-dealkylation sites (N-methyl/N-ethyl adjacent to an activating group) is 1. The zero-order chi connectivity index (χ0) is 24.8. The number of fused-ring (bicyclic) bond motifs is 1. The summed E-state index contributed by atoms with van der Waals surface area (Å²) in [4.78, 5) is 27.0. The number of carbonyl (C=O) groups is 2. The molecule has 1 heterocycles. The van der Waals surface area contributed by atoms with E-state index in [1.807, 2.05) is 24.3 Å². The number of aliphatic carboxylic acids is 1. The van der Waals surface area contributed by atoms with Crippen molar-refractivity contribution in [1.29, 1.82) is 5.26 Å². The van der Waals surface area contributed by atoms with E-state index in [0.29, 0.717) is 25.6 Å². The molecule has 7 heteroatoms. The number of carbonyl (C=O) groups excluding carboxylic acids is 1. The third kappa shape index (κ3) is 6.20. The van der Waals surface area contributed by atoms with E-state index in [4.69, 9.17) is 9.84 Å². The molecule has 1 aliphatic heterocycles. The van der Waals surface area contributed by atoms with Crippen LogP contribution in [0, 0.1) is 11.3 Å². The minimum absolute atomic E-state index is 0.0141. The summed E-state index contributed by atoms with van der Waals surface area (Å²) in [6.45, 7) is 1.51. The van der Waals surface area contributed by atoms with Crippen LogP contribution in [0.15, 0.2) is 36.4 Å². The van der Waals surface area contributed by atoms with Gasteiger partial charge in [-0.1, -0.05) is 31.4 Å². The zero-order valence-corrected chi connectivity index (χ0v) is 20.3. The Labute approximate surface area is 206 Å². The average molecular weight is 476 g/mol. The summed E-state index contributed by atoms with van der Waals surface area (Å²) in [6, 6.07) is 14.3. The summed E-state index contributed by atoms with van der Waals surface area (Å²) in [5.41, 5.74) is 4.86. The van der Waals surface area contributed by atoms with Crippen LogP contribution in [-0.2, 0) is 22.6 Å². The molecule has 4 rings (SSSR count). The summed E-state index contributed by atoms with van der Waals surface area (Å²) in [7, 11) is 1.76. The minimum atomic E-state index is -0.868. The molecule has 2 aromatic rings. The largest absolute Gasteiger partial charge is 0.489 e. The molecule has 0 saturated heterocycles. The molecule has 1 fully saturated rings. The number of amides is 1. The van der Waals surface area contributed by atoms with E-state index in [2.05, 4.69) is 18.2 Å². The number of carboxylic acids is 1. The number of ether oxygens (including phenoxy) is 1. The number of nitriles is 1. The fourth-order valence-corrected chi connectivity index (χ4v) is 5.14. The van der Waals surface area contributed by atoms with Gasteiger partial charge in [0.05, 0.1) is 24.6 Å². The predicted octanol–water partition coefficient (Wildman–Crippen LogP) is 4.48. The topological polar surface area (TPSA) is 93.9 Å². The standard InChI is InChI=1S/C28H33N3O4/c1-30(13-12-28(33)34)18-27(32)31-14-11-22-16-24(8-10-26(22)31)35-19-20-7-9-25(23(15-20)17-29)21-5-3-2-4-6-21/h7-10,15-16,21H,2-6,11-14,18-19H2,1H3,(H,33,34). The Morgan fingerprint density at radius 1 is 1.17 bits per heavy atom. The van der Waals surface area contributed by atoms with Gasteiger partial charge in [-0.2, -0.15) is 5.26 Å². The zero-order valence-electron chi connectivity index (χ0n) is 20.3. The van der Waals surface area contributed by atoms with Gasteiger partial charge in [0, 0.05) is 18.8 Å². The van der Waals surface area contributed by atoms with E-state index < -0.39 is 5.97 Å². The van der Waals surface area contributed by atoms with Crippen molar-refractivity contribution in [1.82, 2.24) is 4.90 Å². The molecule has 1 aliphatic carbocycles. The highest BCUT2D eigenvalue weighted by atomic mass is 16.5. The maximum atomic E-state index is 12.7. The molecule has 1 amide bonds. The molecule has 1 N–H and O–H groups in total. The average Bonchev–Trinajstić information content (AvgIpc) is 3.30. The van der Waals surface area contributed by atoms with Crippen molar-refractivity contribution in [2.75, 3.05) is 31.6 Å². The first-order chi connectivity index (χ1) is 16.9. The molecule has 184 valence electrons. The van der Waals surface area contributed by atoms with Crippen LogP contribution >= 0.6 is 0 Å². The first-order valence-corrected chi connectivity index (χ1v) is 12.4. The number of nitrogens with zero attached hydrogens (tertiary/aromatic N) is 3. The molecule has 7 nitrogen and oxygen atoms in total. The third-order valence-corrected chi connectivity index (χ3v) is 7.05. The molecule has 0 atom stereocenters. The van der Waals surface area contributed by atoms with Crippen LogP contribution < -0.4 is 9.64 Å². The Kier molecular flexibility index (Phi) is 8.04. The first-order valence-electron chi connectivity index (χ1n) is 12.4. The number of benzene rings is 2. The van der Waals surface area contributed by atoms with E-state index >= 15 is 0 Å². The van der Waals surface area contributed by atoms with Crippen LogP contribution in [0.5, 0.6) is 5.75 Å². The molecule has 1 saturated carbocycles. The van der Waals surface area contributed by atoms with E-state index in [0.717, 1.165) is 47.4 Å². The SMILES string of the molecule is CN(CCC(=O)O)CC(=O)N1CCc2cc(OCc3ccc(C4CCCCC4)c(C#N)c3)ccc21. The Hall–Kier alpha value is -3.37. The van der Waals surface area contributed by atoms with Crippen LogP contribution in [-0.4, -0.2) is 48.6 Å². The van der Waals surface area contributed by atoms with Gasteiger partial charge >= 0.3 is 5.97 Å². The first kappa shape index (κ1) is 24.7. The number of anilines is 1. The number of hydrogen-bond donors (Lipinski definition) is 1. The Bertz CT molecular complexity index is 1120. The summed E-state index contributed by atoms with van der Waals surface area (Å²) >= 11 is 0. The Morgan fingerprint density at radius 2 is 1.97 bits per heavy atom. The van der Waals surface area contributed by atoms with Crippen molar-refractivity contribution in [3.05, 3.63) is 58.7 Å². The van der Waals surface area contributed by atoms with E-state index in [1.165, 1.54) is 24.8 Å². The lowest BCUT2D eigenvalue weighted by atomic mass is 9.82. The van der Waals surface area contributed by atoms with E-state index in [1.54, 1.807) is 16.8 Å². The van der Waals surface area contributed by atoms with Gasteiger partial charge in [0.1, 0.15) is 12.4 Å². The molecule has 35 heavy (non-hydrogen) atoms. The van der Waals surface area contributed by atoms with Gasteiger partial charge in [0.25, 0.3) is 0 Å². The van der Waals surface area contributed by atoms with Crippen molar-refractivity contribution >= 4 is 17.6 Å². The quantitative estimate of drug-likeness (QED) is 0.575. The van der Waals surface area contributed by atoms with E-state index in [9.17, 15) is 14.9 Å². The van der Waals surface area contributed by atoms with Gasteiger partial charge in [-0.05, 0) is 73.2 Å². The van der Waals surface area contributed by atoms with Gasteiger partial charge in [0.2, 0.25) is 5.91 Å². The Morgan fingerprint density at radius 3 is 2.71 bits per heavy atom. The van der Waals surface area contributed by atoms with Crippen LogP contribution in [0.25, 0.3) is 0 Å². The summed E-state index contributed by atoms with van der Waals surface area (Å²) in [5.74, 6) is 0.332. The maximum Gasteiger partial charge on any atom is 0.304 e. The van der Waals surface area contributed by atoms with Crippen molar-refractivity contribution < 1.29 is 19.4 Å². The van der Waals surface area contributed by atoms with Gasteiger partial charge in [-0.3, -0.25) is 14.5 Å². The molecule has 0 radical (unpaired) electrons. The Balaban J connectivity index is 1.36. The second kappa shape index (κ2) is 11.4. The summed E-state index contributed by atoms with van der Waals surface area (Å²) < 4.78 is 6.04. The maximum absolute atomic E-state index is 12.7. The second-order valence-corrected chi connectivity index (χ2v) is 9.62. The van der Waals surface area contributed by atoms with Gasteiger partial charge < -0.3 is 14.7 Å². The molecule has 0 spiro atoms. The second-order valence-electron chi connectivity index (χ2n) is 9.62. The summed E-state index contributed by atoms with van der Waals surface area (Å²) in [5, 5.41) is 18.5. The number of hydrogen-bond acceptors (Lipinski definition) is 5. The minimum Gasteiger partial charge on any atom is -0.489 e. The van der Waals surface area contributed by atoms with Crippen molar-refractivity contribution in [2.24, 2.45) is 0 Å². The van der Waals surface area contributed by atoms with Gasteiger partial charge in [-0.15, -0.1) is 0 Å². The lowest BCUT2D eigenvalue weighted by Crippen LogP contribution is -2.38. The fourth-order valence-electron chi connectivity index (χ4n) is 5.14. The molecular formula is C28H33N3O4. The van der Waals surface area contributed by atoms with Crippen LogP contribution in [0.2, 0.25) is 0 Å². The monoisotopic (exact) mass is 475 g/mol. The lowest BCUT2D eigenvalue weighted by molar-refractivity contribution is -0.137. The van der Waals surface area contributed by atoms with Crippen LogP contribution in [0.1, 0.15) is 66.7 Å². The number of rotatable bonds is 9. The molecule has 0 bridgehead atoms. The highest BCUT2D eigenvalue weighted by Gasteiger charge is 2.26. The van der Waals surface area contributed by atoms with E-state index in [-0.39, 0.29) is 18.9 Å². The van der Waals surface area contributed by atoms with Gasteiger partial charge in [0.15, 0.2) is 0 Å². The lowest BCUT2D eigenvalue weighted by Gasteiger charge is -2.23. The highest BCUT2D eigenvalue weighted by molar-refractivity contribution is 5.96. The molecule has 0 unspecified atom stereocenters. The van der Waals surface area contributed by atoms with Crippen molar-refractivity contribution in [2.45, 2.75) is 57.5 Å². The van der Waals surface area contributed by atoms with Crippen LogP contribution in [0.3, 0.4) is 0 Å². The third-order valence-electron chi connectivity index (χ3n) is 7.05. The summed E-state index contributed by atoms with van der Waals surface area (Å²) in [6.07, 6.45) is 6.87. The molecular weight excluding hydrogens is 442 g/mol. The van der Waals surface area contributed by atoms with Crippen molar-refractivity contribution in [3.8, 4) is 11.8 Å². The smallest absolute Gasteiger partial charge is 0.304 e. The molecule has 0 aromatic heterocycles. The molecule has 2 aromatic carbocycles. The van der Waals surface area contributed by atoms with Gasteiger partial charge in [-0.25, -0.2) is 0 Å². The fraction of sp³-hybridized carbons (Fsp3) is 0.464. The highest BCUT2D eigenvalue weighted by Crippen LogP contribution is 2.35. The number of carboxylic acid groups (broad SMARTS) is 1. The molecule has 2 aliphatic rings. The normalized spacial score (nSPS) is 15.6. The predicted molar refractivity (Wildman–Crippen MR) is 134 cm³/mol.